The molecule has 0 aliphatic heterocycles. The minimum absolute atomic E-state index is 0.0276. The molecular weight excluding hydrogens is 278 g/mol. The topological polar surface area (TPSA) is 24.9 Å². The van der Waals surface area contributed by atoms with Crippen LogP contribution in [0.25, 0.3) is 0 Å². The first-order valence-electron chi connectivity index (χ1n) is 5.23. The van der Waals surface area contributed by atoms with Crippen LogP contribution < -0.4 is 5.32 Å². The molecule has 1 aromatic rings. The number of anilines is 1. The van der Waals surface area contributed by atoms with Gasteiger partial charge in [-0.1, -0.05) is 0 Å². The number of hydrogen-bond donors (Lipinski definition) is 1. The van der Waals surface area contributed by atoms with Gasteiger partial charge in [-0.2, -0.15) is 0 Å². The standard InChI is InChI=1S/C11H13BrF2N2/c1-7-4-10(15-6-9(7)12)16-8-2-3-11(13,14)5-8/h4,6,8H,2-3,5H2,1H3,(H,15,16). The highest BCUT2D eigenvalue weighted by Gasteiger charge is 2.39. The molecule has 0 aromatic carbocycles. The highest BCUT2D eigenvalue weighted by atomic mass is 79.9. The van der Waals surface area contributed by atoms with Crippen LogP contribution in [0.15, 0.2) is 16.7 Å². The van der Waals surface area contributed by atoms with Crippen LogP contribution in [0.4, 0.5) is 14.6 Å². The molecule has 16 heavy (non-hydrogen) atoms. The average Bonchev–Trinajstić information content (AvgIpc) is 2.52. The molecule has 1 aromatic heterocycles. The Kier molecular flexibility index (Phi) is 3.15. The van der Waals surface area contributed by atoms with E-state index in [0.29, 0.717) is 12.2 Å². The van der Waals surface area contributed by atoms with E-state index < -0.39 is 5.92 Å². The molecule has 0 bridgehead atoms. The van der Waals surface area contributed by atoms with Crippen LogP contribution >= 0.6 is 15.9 Å². The highest BCUT2D eigenvalue weighted by Crippen LogP contribution is 2.36. The maximum absolute atomic E-state index is 13.0. The van der Waals surface area contributed by atoms with Crippen LogP contribution in [0.2, 0.25) is 0 Å². The van der Waals surface area contributed by atoms with Gasteiger partial charge in [-0.15, -0.1) is 0 Å². The Morgan fingerprint density at radius 2 is 2.31 bits per heavy atom. The fraction of sp³-hybridized carbons (Fsp3) is 0.545. The smallest absolute Gasteiger partial charge is 0.250 e. The van der Waals surface area contributed by atoms with Gasteiger partial charge in [-0.05, 0) is 40.9 Å². The van der Waals surface area contributed by atoms with E-state index in [9.17, 15) is 8.78 Å². The van der Waals surface area contributed by atoms with Gasteiger partial charge in [-0.3, -0.25) is 0 Å². The van der Waals surface area contributed by atoms with E-state index in [1.807, 2.05) is 13.0 Å². The van der Waals surface area contributed by atoms with Gasteiger partial charge in [0, 0.05) is 29.6 Å². The summed E-state index contributed by atoms with van der Waals surface area (Å²) in [7, 11) is 0. The molecule has 1 aliphatic carbocycles. The third-order valence-corrected chi connectivity index (χ3v) is 3.63. The highest BCUT2D eigenvalue weighted by molar-refractivity contribution is 9.10. The third-order valence-electron chi connectivity index (χ3n) is 2.80. The van der Waals surface area contributed by atoms with Crippen molar-refractivity contribution in [2.45, 2.75) is 38.2 Å². The molecule has 0 spiro atoms. The maximum Gasteiger partial charge on any atom is 0.250 e. The summed E-state index contributed by atoms with van der Waals surface area (Å²) < 4.78 is 26.9. The summed E-state index contributed by atoms with van der Waals surface area (Å²) in [6.45, 7) is 1.94. The molecule has 0 radical (unpaired) electrons. The van der Waals surface area contributed by atoms with Crippen LogP contribution in [0.3, 0.4) is 0 Å². The van der Waals surface area contributed by atoms with Crippen LogP contribution in [-0.4, -0.2) is 16.9 Å². The molecule has 5 heteroatoms. The lowest BCUT2D eigenvalue weighted by Crippen LogP contribution is -2.19. The molecule has 88 valence electrons. The summed E-state index contributed by atoms with van der Waals surface area (Å²) in [4.78, 5) is 4.15. The number of pyridine rings is 1. The number of aryl methyl sites for hydroxylation is 1. The van der Waals surface area contributed by atoms with Crippen LogP contribution in [0, 0.1) is 6.92 Å². The molecule has 0 saturated heterocycles. The van der Waals surface area contributed by atoms with Gasteiger partial charge >= 0.3 is 0 Å². The molecule has 2 rings (SSSR count). The second kappa shape index (κ2) is 4.28. The van der Waals surface area contributed by atoms with E-state index in [-0.39, 0.29) is 18.9 Å². The SMILES string of the molecule is Cc1cc(NC2CCC(F)(F)C2)ncc1Br. The fourth-order valence-electron chi connectivity index (χ4n) is 1.90. The van der Waals surface area contributed by atoms with Crippen molar-refractivity contribution < 1.29 is 8.78 Å². The Balaban J connectivity index is 2.02. The van der Waals surface area contributed by atoms with Crippen LogP contribution in [0.5, 0.6) is 0 Å². The van der Waals surface area contributed by atoms with Gasteiger partial charge < -0.3 is 5.32 Å². The van der Waals surface area contributed by atoms with E-state index in [1.165, 1.54) is 0 Å². The van der Waals surface area contributed by atoms with Crippen molar-refractivity contribution in [2.24, 2.45) is 0 Å². The number of halogens is 3. The molecule has 1 aliphatic rings. The zero-order valence-corrected chi connectivity index (χ0v) is 10.5. The molecule has 1 fully saturated rings. The molecule has 1 saturated carbocycles. The molecule has 1 heterocycles. The summed E-state index contributed by atoms with van der Waals surface area (Å²) in [5, 5.41) is 3.05. The molecule has 1 N–H and O–H groups in total. The predicted octanol–water partition coefficient (Wildman–Crippen LogP) is 3.75. The van der Waals surface area contributed by atoms with Gasteiger partial charge in [-0.25, -0.2) is 13.8 Å². The lowest BCUT2D eigenvalue weighted by molar-refractivity contribution is 0.00852. The maximum atomic E-state index is 13.0. The first-order valence-corrected chi connectivity index (χ1v) is 6.02. The molecule has 2 nitrogen and oxygen atoms in total. The third kappa shape index (κ3) is 2.70. The van der Waals surface area contributed by atoms with E-state index >= 15 is 0 Å². The summed E-state index contributed by atoms with van der Waals surface area (Å²) in [6, 6.07) is 1.70. The van der Waals surface area contributed by atoms with Crippen molar-refractivity contribution in [1.82, 2.24) is 4.98 Å². The molecule has 1 unspecified atom stereocenters. The van der Waals surface area contributed by atoms with E-state index in [2.05, 4.69) is 26.2 Å². The second-order valence-corrected chi connectivity index (χ2v) is 5.11. The normalized spacial score (nSPS) is 23.4. The Morgan fingerprint density at radius 1 is 1.56 bits per heavy atom. The summed E-state index contributed by atoms with van der Waals surface area (Å²) in [6.07, 6.45) is 2.07. The largest absolute Gasteiger partial charge is 0.367 e. The monoisotopic (exact) mass is 290 g/mol. The van der Waals surface area contributed by atoms with E-state index in [1.54, 1.807) is 6.20 Å². The number of rotatable bonds is 2. The lowest BCUT2D eigenvalue weighted by Gasteiger charge is -2.14. The quantitative estimate of drug-likeness (QED) is 0.897. The molecular formula is C11H13BrF2N2. The Labute approximate surface area is 102 Å². The van der Waals surface area contributed by atoms with E-state index in [4.69, 9.17) is 0 Å². The average molecular weight is 291 g/mol. The summed E-state index contributed by atoms with van der Waals surface area (Å²) >= 11 is 3.35. The zero-order valence-electron chi connectivity index (χ0n) is 8.93. The van der Waals surface area contributed by atoms with Gasteiger partial charge in [0.15, 0.2) is 0 Å². The molecule has 1 atom stereocenters. The number of nitrogens with one attached hydrogen (secondary N) is 1. The van der Waals surface area contributed by atoms with Crippen LogP contribution in [0.1, 0.15) is 24.8 Å². The number of aromatic nitrogens is 1. The first-order chi connectivity index (χ1) is 7.46. The summed E-state index contributed by atoms with van der Waals surface area (Å²) in [5.74, 6) is -1.84. The molecule has 0 amide bonds. The van der Waals surface area contributed by atoms with Gasteiger partial charge in [0.2, 0.25) is 5.92 Å². The first kappa shape index (κ1) is 11.8. The van der Waals surface area contributed by atoms with Crippen molar-refractivity contribution in [1.29, 1.82) is 0 Å². The van der Waals surface area contributed by atoms with Gasteiger partial charge in [0.25, 0.3) is 0 Å². The minimum Gasteiger partial charge on any atom is -0.367 e. The van der Waals surface area contributed by atoms with Gasteiger partial charge in [0.05, 0.1) is 0 Å². The number of hydrogen-bond acceptors (Lipinski definition) is 2. The van der Waals surface area contributed by atoms with Crippen molar-refractivity contribution in [3.8, 4) is 0 Å². The van der Waals surface area contributed by atoms with Gasteiger partial charge in [0.1, 0.15) is 5.82 Å². The second-order valence-electron chi connectivity index (χ2n) is 4.26. The Morgan fingerprint density at radius 3 is 2.88 bits per heavy atom. The van der Waals surface area contributed by atoms with Crippen LogP contribution in [-0.2, 0) is 0 Å². The zero-order chi connectivity index (χ0) is 11.8. The van der Waals surface area contributed by atoms with Crippen molar-refractivity contribution in [3.05, 3.63) is 22.3 Å². The summed E-state index contributed by atoms with van der Waals surface area (Å²) in [5.41, 5.74) is 1.04. The lowest BCUT2D eigenvalue weighted by atomic mass is 10.2. The number of nitrogens with zero attached hydrogens (tertiary/aromatic N) is 1. The van der Waals surface area contributed by atoms with E-state index in [0.717, 1.165) is 10.0 Å². The fourth-order valence-corrected chi connectivity index (χ4v) is 2.12. The predicted molar refractivity (Wildman–Crippen MR) is 62.9 cm³/mol. The van der Waals surface area contributed by atoms with Crippen molar-refractivity contribution in [3.63, 3.8) is 0 Å². The Bertz CT molecular complexity index is 396. The van der Waals surface area contributed by atoms with Crippen molar-refractivity contribution in [2.75, 3.05) is 5.32 Å². The number of alkyl halides is 2. The Hall–Kier alpha value is -0.710. The van der Waals surface area contributed by atoms with Crippen molar-refractivity contribution >= 4 is 21.7 Å². The minimum atomic E-state index is -2.51.